The highest BCUT2D eigenvalue weighted by Gasteiger charge is 2.02. The summed E-state index contributed by atoms with van der Waals surface area (Å²) in [4.78, 5) is 7.85. The Labute approximate surface area is 107 Å². The van der Waals surface area contributed by atoms with Crippen LogP contribution in [0.2, 0.25) is 5.28 Å². The third kappa shape index (κ3) is 5.07. The largest absolute Gasteiger partial charge is 0.394 e. The molecule has 1 rings (SSSR count). The van der Waals surface area contributed by atoms with E-state index in [0.717, 1.165) is 17.4 Å². The van der Waals surface area contributed by atoms with Gasteiger partial charge in [0.15, 0.2) is 0 Å². The fraction of sp³-hybridized carbons (Fsp3) is 0.556. The van der Waals surface area contributed by atoms with Crippen molar-refractivity contribution in [3.05, 3.63) is 16.0 Å². The number of anilines is 1. The number of aromatic nitrogens is 2. The van der Waals surface area contributed by atoms with E-state index in [2.05, 4.69) is 31.2 Å². The van der Waals surface area contributed by atoms with Gasteiger partial charge in [-0.05, 0) is 34.0 Å². The molecule has 5 nitrogen and oxygen atoms in total. The van der Waals surface area contributed by atoms with Crippen molar-refractivity contribution in [3.63, 3.8) is 0 Å². The van der Waals surface area contributed by atoms with Gasteiger partial charge in [0.05, 0.1) is 17.7 Å². The fourth-order valence-electron chi connectivity index (χ4n) is 1.02. The topological polar surface area (TPSA) is 67.3 Å². The van der Waals surface area contributed by atoms with Crippen molar-refractivity contribution in [2.45, 2.75) is 6.42 Å². The molecule has 0 amide bonds. The highest BCUT2D eigenvalue weighted by Crippen LogP contribution is 2.19. The zero-order chi connectivity index (χ0) is 11.8. The van der Waals surface area contributed by atoms with Crippen LogP contribution < -0.4 is 5.32 Å². The molecule has 0 bridgehead atoms. The predicted molar refractivity (Wildman–Crippen MR) is 65.8 cm³/mol. The number of rotatable bonds is 7. The van der Waals surface area contributed by atoms with Crippen LogP contribution in [0.15, 0.2) is 10.7 Å². The third-order valence-corrected chi connectivity index (χ3v) is 2.47. The summed E-state index contributed by atoms with van der Waals surface area (Å²) >= 11 is 8.98. The standard InChI is InChI=1S/C9H13BrClN3O2/c10-7-6-13-9(11)14-8(7)12-2-1-4-16-5-3-15/h6,15H,1-5H2,(H,12,13,14). The lowest BCUT2D eigenvalue weighted by atomic mass is 10.4. The number of aliphatic hydroxyl groups is 1. The molecule has 0 aromatic carbocycles. The zero-order valence-corrected chi connectivity index (χ0v) is 11.0. The molecule has 0 spiro atoms. The lowest BCUT2D eigenvalue weighted by molar-refractivity contribution is 0.0922. The number of hydrogen-bond donors (Lipinski definition) is 2. The molecule has 0 aliphatic rings. The maximum absolute atomic E-state index is 8.49. The summed E-state index contributed by atoms with van der Waals surface area (Å²) in [6.45, 7) is 1.75. The summed E-state index contributed by atoms with van der Waals surface area (Å²) in [5.74, 6) is 0.669. The zero-order valence-electron chi connectivity index (χ0n) is 8.62. The van der Waals surface area contributed by atoms with Gasteiger partial charge < -0.3 is 15.2 Å². The normalized spacial score (nSPS) is 10.4. The molecular formula is C9H13BrClN3O2. The van der Waals surface area contributed by atoms with Crippen LogP contribution >= 0.6 is 27.5 Å². The molecule has 0 saturated carbocycles. The predicted octanol–water partition coefficient (Wildman–Crippen LogP) is 1.70. The summed E-state index contributed by atoms with van der Waals surface area (Å²) in [5.41, 5.74) is 0. The molecule has 0 aliphatic heterocycles. The Morgan fingerprint density at radius 3 is 3.06 bits per heavy atom. The first-order chi connectivity index (χ1) is 7.74. The van der Waals surface area contributed by atoms with Crippen LogP contribution in [0.1, 0.15) is 6.42 Å². The second-order valence-corrected chi connectivity index (χ2v) is 4.14. The molecule has 0 saturated heterocycles. The summed E-state index contributed by atoms with van der Waals surface area (Å²) in [6.07, 6.45) is 2.42. The second kappa shape index (κ2) is 7.78. The monoisotopic (exact) mass is 309 g/mol. The lowest BCUT2D eigenvalue weighted by Gasteiger charge is -2.07. The van der Waals surface area contributed by atoms with Crippen molar-refractivity contribution in [2.24, 2.45) is 0 Å². The van der Waals surface area contributed by atoms with Crippen molar-refractivity contribution in [3.8, 4) is 0 Å². The van der Waals surface area contributed by atoms with Crippen molar-refractivity contribution in [1.82, 2.24) is 9.97 Å². The first kappa shape index (κ1) is 13.6. The summed E-state index contributed by atoms with van der Waals surface area (Å²) in [7, 11) is 0. The van der Waals surface area contributed by atoms with Gasteiger partial charge in [0.1, 0.15) is 5.82 Å². The molecule has 1 aromatic rings. The van der Waals surface area contributed by atoms with E-state index in [4.69, 9.17) is 21.4 Å². The van der Waals surface area contributed by atoms with Crippen molar-refractivity contribution < 1.29 is 9.84 Å². The highest BCUT2D eigenvalue weighted by molar-refractivity contribution is 9.10. The van der Waals surface area contributed by atoms with Crippen molar-refractivity contribution in [1.29, 1.82) is 0 Å². The Balaban J connectivity index is 2.23. The van der Waals surface area contributed by atoms with Crippen LogP contribution in [-0.4, -0.2) is 41.4 Å². The average Bonchev–Trinajstić information content (AvgIpc) is 2.28. The quantitative estimate of drug-likeness (QED) is 0.593. The van der Waals surface area contributed by atoms with Gasteiger partial charge in [-0.2, -0.15) is 4.98 Å². The number of nitrogens with zero attached hydrogens (tertiary/aromatic N) is 2. The molecule has 0 fully saturated rings. The Morgan fingerprint density at radius 1 is 1.50 bits per heavy atom. The first-order valence-corrected chi connectivity index (χ1v) is 6.01. The van der Waals surface area contributed by atoms with Gasteiger partial charge in [-0.3, -0.25) is 0 Å². The maximum Gasteiger partial charge on any atom is 0.224 e. The molecule has 0 aliphatic carbocycles. The summed E-state index contributed by atoms with van der Waals surface area (Å²) in [5, 5.41) is 11.8. The molecule has 2 N–H and O–H groups in total. The molecule has 0 radical (unpaired) electrons. The van der Waals surface area contributed by atoms with Crippen LogP contribution in [0.3, 0.4) is 0 Å². The smallest absolute Gasteiger partial charge is 0.224 e. The molecule has 0 atom stereocenters. The highest BCUT2D eigenvalue weighted by atomic mass is 79.9. The van der Waals surface area contributed by atoms with E-state index in [1.807, 2.05) is 0 Å². The van der Waals surface area contributed by atoms with E-state index in [0.29, 0.717) is 19.0 Å². The first-order valence-electron chi connectivity index (χ1n) is 4.84. The van der Waals surface area contributed by atoms with Gasteiger partial charge in [-0.15, -0.1) is 0 Å². The molecule has 16 heavy (non-hydrogen) atoms. The van der Waals surface area contributed by atoms with Crippen LogP contribution in [0.25, 0.3) is 0 Å². The third-order valence-electron chi connectivity index (χ3n) is 1.71. The number of halogens is 2. The Hall–Kier alpha value is -0.430. The average molecular weight is 311 g/mol. The van der Waals surface area contributed by atoms with E-state index >= 15 is 0 Å². The van der Waals surface area contributed by atoms with E-state index in [9.17, 15) is 0 Å². The van der Waals surface area contributed by atoms with Crippen molar-refractivity contribution >= 4 is 33.3 Å². The van der Waals surface area contributed by atoms with Gasteiger partial charge in [0.25, 0.3) is 0 Å². The van der Waals surface area contributed by atoms with Crippen LogP contribution in [0.5, 0.6) is 0 Å². The van der Waals surface area contributed by atoms with E-state index < -0.39 is 0 Å². The number of hydrogen-bond acceptors (Lipinski definition) is 5. The Bertz CT molecular complexity index is 328. The molecular weight excluding hydrogens is 297 g/mol. The maximum atomic E-state index is 8.49. The Kier molecular flexibility index (Phi) is 6.63. The van der Waals surface area contributed by atoms with Gasteiger partial charge in [-0.1, -0.05) is 0 Å². The molecule has 1 heterocycles. The van der Waals surface area contributed by atoms with Crippen LogP contribution in [0, 0.1) is 0 Å². The Morgan fingerprint density at radius 2 is 2.31 bits per heavy atom. The van der Waals surface area contributed by atoms with E-state index in [1.165, 1.54) is 0 Å². The molecule has 0 unspecified atom stereocenters. The number of nitrogens with one attached hydrogen (secondary N) is 1. The van der Waals surface area contributed by atoms with E-state index in [1.54, 1.807) is 6.20 Å². The lowest BCUT2D eigenvalue weighted by Crippen LogP contribution is -2.09. The fourth-order valence-corrected chi connectivity index (χ4v) is 1.48. The van der Waals surface area contributed by atoms with Crippen molar-refractivity contribution in [2.75, 3.05) is 31.7 Å². The van der Waals surface area contributed by atoms with E-state index in [-0.39, 0.29) is 11.9 Å². The minimum atomic E-state index is 0.0560. The molecule has 7 heteroatoms. The van der Waals surface area contributed by atoms with Gasteiger partial charge >= 0.3 is 0 Å². The minimum absolute atomic E-state index is 0.0560. The van der Waals surface area contributed by atoms with Crippen LogP contribution in [0.4, 0.5) is 5.82 Å². The summed E-state index contributed by atoms with van der Waals surface area (Å²) in [6, 6.07) is 0. The minimum Gasteiger partial charge on any atom is -0.394 e. The number of ether oxygens (including phenoxy) is 1. The summed E-state index contributed by atoms with van der Waals surface area (Å²) < 4.78 is 5.89. The number of aliphatic hydroxyl groups excluding tert-OH is 1. The molecule has 90 valence electrons. The second-order valence-electron chi connectivity index (χ2n) is 2.95. The van der Waals surface area contributed by atoms with Gasteiger partial charge in [0, 0.05) is 19.3 Å². The van der Waals surface area contributed by atoms with Gasteiger partial charge in [0.2, 0.25) is 5.28 Å². The molecule has 1 aromatic heterocycles. The SMILES string of the molecule is OCCOCCCNc1nc(Cl)ncc1Br. The van der Waals surface area contributed by atoms with Gasteiger partial charge in [-0.25, -0.2) is 4.98 Å². The van der Waals surface area contributed by atoms with Crippen LogP contribution in [-0.2, 0) is 4.74 Å².